The van der Waals surface area contributed by atoms with Crippen LogP contribution in [0.5, 0.6) is 0 Å². The second-order valence-corrected chi connectivity index (χ2v) is 11.7. The van der Waals surface area contributed by atoms with Crippen molar-refractivity contribution in [3.05, 3.63) is 77.9 Å². The fourth-order valence-electron chi connectivity index (χ4n) is 5.30. The van der Waals surface area contributed by atoms with E-state index in [9.17, 15) is 8.42 Å². The van der Waals surface area contributed by atoms with E-state index in [4.69, 9.17) is 12.2 Å². The Morgan fingerprint density at radius 3 is 2.60 bits per heavy atom. The highest BCUT2D eigenvalue weighted by Crippen LogP contribution is 2.43. The maximum Gasteiger partial charge on any atom is 0.229 e. The van der Waals surface area contributed by atoms with Crippen LogP contribution >= 0.6 is 12.2 Å². The van der Waals surface area contributed by atoms with Crippen molar-refractivity contribution in [2.45, 2.75) is 57.2 Å². The molecule has 0 radical (unpaired) electrons. The van der Waals surface area contributed by atoms with Crippen LogP contribution in [-0.2, 0) is 10.0 Å². The van der Waals surface area contributed by atoms with Crippen LogP contribution in [0, 0.1) is 6.92 Å². The summed E-state index contributed by atoms with van der Waals surface area (Å²) in [4.78, 5) is 6.77. The predicted octanol–water partition coefficient (Wildman–Crippen LogP) is 5.25. The molecule has 2 aromatic heterocycles. The molecule has 0 spiro atoms. The average Bonchev–Trinajstić information content (AvgIpc) is 3.45. The topological polar surface area (TPSA) is 79.3 Å². The summed E-state index contributed by atoms with van der Waals surface area (Å²) in [7, 11) is -3.36. The van der Waals surface area contributed by atoms with Crippen molar-refractivity contribution in [2.24, 2.45) is 0 Å². The molecule has 5 rings (SSSR count). The van der Waals surface area contributed by atoms with Crippen LogP contribution in [0.2, 0.25) is 0 Å². The maximum absolute atomic E-state index is 11.8. The largest absolute Gasteiger partial charge is 0.351 e. The molecule has 3 aromatic rings. The van der Waals surface area contributed by atoms with E-state index in [1.54, 1.807) is 6.07 Å². The zero-order valence-electron chi connectivity index (χ0n) is 20.0. The van der Waals surface area contributed by atoms with Gasteiger partial charge in [0, 0.05) is 30.3 Å². The summed E-state index contributed by atoms with van der Waals surface area (Å²) < 4.78 is 28.5. The van der Waals surface area contributed by atoms with Crippen molar-refractivity contribution in [3.63, 3.8) is 0 Å². The second-order valence-electron chi connectivity index (χ2n) is 9.55. The summed E-state index contributed by atoms with van der Waals surface area (Å²) in [6.45, 7) is 1.90. The van der Waals surface area contributed by atoms with Crippen LogP contribution in [0.4, 0.5) is 11.4 Å². The minimum atomic E-state index is -3.36. The van der Waals surface area contributed by atoms with Gasteiger partial charge < -0.3 is 14.8 Å². The molecule has 1 aliphatic heterocycles. The first kappa shape index (κ1) is 23.8. The summed E-state index contributed by atoms with van der Waals surface area (Å²) in [5.74, 6) is 0. The van der Waals surface area contributed by atoms with Gasteiger partial charge in [0.2, 0.25) is 10.0 Å². The lowest BCUT2D eigenvalue weighted by molar-refractivity contribution is 0.353. The van der Waals surface area contributed by atoms with Gasteiger partial charge in [-0.15, -0.1) is 0 Å². The maximum atomic E-state index is 11.8. The Balaban J connectivity index is 1.54. The zero-order valence-corrected chi connectivity index (χ0v) is 21.6. The number of sulfonamides is 1. The van der Waals surface area contributed by atoms with E-state index in [1.165, 1.54) is 37.7 Å². The number of pyridine rings is 1. The van der Waals surface area contributed by atoms with Crippen molar-refractivity contribution >= 4 is 38.7 Å². The van der Waals surface area contributed by atoms with E-state index in [0.717, 1.165) is 23.2 Å². The highest BCUT2D eigenvalue weighted by Gasteiger charge is 2.41. The number of benzene rings is 1. The van der Waals surface area contributed by atoms with Gasteiger partial charge in [-0.2, -0.15) is 0 Å². The Labute approximate surface area is 212 Å². The molecule has 1 aliphatic carbocycles. The van der Waals surface area contributed by atoms with E-state index < -0.39 is 10.0 Å². The van der Waals surface area contributed by atoms with Gasteiger partial charge in [-0.25, -0.2) is 8.42 Å². The lowest BCUT2D eigenvalue weighted by Crippen LogP contribution is -2.29. The van der Waals surface area contributed by atoms with Gasteiger partial charge in [0.05, 0.1) is 29.7 Å². The molecule has 184 valence electrons. The number of hydrogen-bond donors (Lipinski definition) is 2. The molecule has 2 atom stereocenters. The van der Waals surface area contributed by atoms with E-state index in [2.05, 4.69) is 42.9 Å². The Morgan fingerprint density at radius 1 is 1.11 bits per heavy atom. The lowest BCUT2D eigenvalue weighted by Gasteiger charge is -2.28. The number of rotatable bonds is 6. The number of aromatic nitrogens is 2. The van der Waals surface area contributed by atoms with Crippen LogP contribution in [0.1, 0.15) is 67.1 Å². The molecular formula is C26H31N5O2S2. The summed E-state index contributed by atoms with van der Waals surface area (Å²) in [5.41, 5.74) is 4.41. The van der Waals surface area contributed by atoms with Gasteiger partial charge >= 0.3 is 0 Å². The number of nitrogens with one attached hydrogen (secondary N) is 2. The number of aryl methyl sites for hydroxylation is 1. The Kier molecular flexibility index (Phi) is 6.55. The van der Waals surface area contributed by atoms with Crippen LogP contribution in [0.15, 0.2) is 61.1 Å². The molecule has 1 saturated carbocycles. The minimum absolute atomic E-state index is 0.0876. The number of nitrogens with zero attached hydrogens (tertiary/aromatic N) is 3. The summed E-state index contributed by atoms with van der Waals surface area (Å²) in [5, 5.41) is 4.13. The predicted molar refractivity (Wildman–Crippen MR) is 144 cm³/mol. The molecule has 9 heteroatoms. The van der Waals surface area contributed by atoms with Gasteiger partial charge in [-0.1, -0.05) is 25.3 Å². The van der Waals surface area contributed by atoms with E-state index in [0.29, 0.717) is 16.8 Å². The van der Waals surface area contributed by atoms with Crippen molar-refractivity contribution in [1.82, 2.24) is 14.9 Å². The number of thiocarbonyl (C=S) groups is 1. The van der Waals surface area contributed by atoms with Crippen molar-refractivity contribution in [1.29, 1.82) is 0 Å². The molecule has 0 bridgehead atoms. The second kappa shape index (κ2) is 9.62. The molecule has 0 unspecified atom stereocenters. The average molecular weight is 510 g/mol. The van der Waals surface area contributed by atoms with Crippen molar-refractivity contribution in [2.75, 3.05) is 15.9 Å². The normalized spacial score (nSPS) is 21.2. The van der Waals surface area contributed by atoms with E-state index in [1.807, 2.05) is 43.5 Å². The highest BCUT2D eigenvalue weighted by molar-refractivity contribution is 7.92. The summed E-state index contributed by atoms with van der Waals surface area (Å²) in [6, 6.07) is 14.2. The lowest BCUT2D eigenvalue weighted by atomic mass is 9.95. The molecule has 1 aromatic carbocycles. The van der Waals surface area contributed by atoms with Gasteiger partial charge in [0.15, 0.2) is 5.11 Å². The Morgan fingerprint density at radius 2 is 1.91 bits per heavy atom. The Bertz CT molecular complexity index is 1320. The first-order valence-electron chi connectivity index (χ1n) is 12.1. The SMILES string of the molecule is Cc1cc(N2C(=S)N[C@@H](c3ccccn3)[C@H]2c2ccn(C3CCCCC3)c2)ccc1NS(C)(=O)=O. The highest BCUT2D eigenvalue weighted by atomic mass is 32.2. The molecule has 2 N–H and O–H groups in total. The standard InChI is InChI=1S/C26H31N5O2S2/c1-18-16-21(11-12-22(18)29-35(2,32)33)31-25(24(28-26(31)34)23-10-6-7-14-27-23)19-13-15-30(17-19)20-8-4-3-5-9-20/h6-7,10-17,20,24-25,29H,3-5,8-9H2,1-2H3,(H,28,34)/t24-,25+/m0/s1. The molecule has 7 nitrogen and oxygen atoms in total. The molecule has 2 aliphatic rings. The fourth-order valence-corrected chi connectivity index (χ4v) is 6.27. The van der Waals surface area contributed by atoms with E-state index in [-0.39, 0.29) is 12.1 Å². The summed E-state index contributed by atoms with van der Waals surface area (Å²) >= 11 is 5.84. The fraction of sp³-hybridized carbons (Fsp3) is 0.385. The quantitative estimate of drug-likeness (QED) is 0.442. The van der Waals surface area contributed by atoms with E-state index >= 15 is 0 Å². The molecule has 0 amide bonds. The smallest absolute Gasteiger partial charge is 0.229 e. The van der Waals surface area contributed by atoms with Crippen molar-refractivity contribution in [3.8, 4) is 0 Å². The summed E-state index contributed by atoms with van der Waals surface area (Å²) in [6.07, 6.45) is 13.8. The Hall–Kier alpha value is -2.91. The third-order valence-corrected chi connectivity index (χ3v) is 7.86. The zero-order chi connectivity index (χ0) is 24.6. The number of hydrogen-bond acceptors (Lipinski definition) is 4. The molecular weight excluding hydrogens is 478 g/mol. The first-order chi connectivity index (χ1) is 16.8. The van der Waals surface area contributed by atoms with Crippen LogP contribution in [0.3, 0.4) is 0 Å². The van der Waals surface area contributed by atoms with Crippen LogP contribution in [0.25, 0.3) is 0 Å². The molecule has 3 heterocycles. The third-order valence-electron chi connectivity index (χ3n) is 6.96. The first-order valence-corrected chi connectivity index (χ1v) is 14.4. The van der Waals surface area contributed by atoms with Gasteiger partial charge in [-0.3, -0.25) is 9.71 Å². The minimum Gasteiger partial charge on any atom is -0.351 e. The molecule has 2 fully saturated rings. The molecule has 1 saturated heterocycles. The van der Waals surface area contributed by atoms with Crippen LogP contribution < -0.4 is 14.9 Å². The van der Waals surface area contributed by atoms with Gasteiger partial charge in [-0.05, 0) is 79.5 Å². The van der Waals surface area contributed by atoms with Gasteiger partial charge in [0.1, 0.15) is 0 Å². The van der Waals surface area contributed by atoms with Gasteiger partial charge in [0.25, 0.3) is 0 Å². The number of anilines is 2. The van der Waals surface area contributed by atoms with Crippen molar-refractivity contribution < 1.29 is 8.42 Å². The monoisotopic (exact) mass is 509 g/mol. The molecule has 35 heavy (non-hydrogen) atoms. The third kappa shape index (κ3) is 5.06. The van der Waals surface area contributed by atoms with Crippen LogP contribution in [-0.4, -0.2) is 29.3 Å².